The molecule has 1 aliphatic carbocycles. The van der Waals surface area contributed by atoms with Gasteiger partial charge in [0.25, 0.3) is 0 Å². The molecule has 1 aromatic rings. The molecule has 1 unspecified atom stereocenters. The van der Waals surface area contributed by atoms with E-state index in [0.29, 0.717) is 6.04 Å². The summed E-state index contributed by atoms with van der Waals surface area (Å²) in [6.07, 6.45) is 4.14. The monoisotopic (exact) mass is 231 g/mol. The first-order valence-electron chi connectivity index (χ1n) is 6.71. The third kappa shape index (κ3) is 2.85. The van der Waals surface area contributed by atoms with Crippen LogP contribution < -0.4 is 5.32 Å². The number of nitrogens with one attached hydrogen (secondary N) is 1. The molecular weight excluding hydrogens is 210 g/mol. The summed E-state index contributed by atoms with van der Waals surface area (Å²) in [5.41, 5.74) is 2.27. The molecule has 1 N–H and O–H groups in total. The fourth-order valence-corrected chi connectivity index (χ4v) is 2.67. The number of aromatic nitrogens is 1. The summed E-state index contributed by atoms with van der Waals surface area (Å²) in [7, 11) is 0. The summed E-state index contributed by atoms with van der Waals surface area (Å²) in [6, 6.07) is 7.82. The number of nitrogens with zero attached hydrogens (tertiary/aromatic N) is 2. The third-order valence-corrected chi connectivity index (χ3v) is 3.80. The summed E-state index contributed by atoms with van der Waals surface area (Å²) in [6.45, 7) is 5.47. The van der Waals surface area contributed by atoms with Crippen LogP contribution in [-0.4, -0.2) is 35.1 Å². The van der Waals surface area contributed by atoms with Gasteiger partial charge in [-0.1, -0.05) is 6.07 Å². The molecule has 3 nitrogen and oxygen atoms in total. The molecule has 2 fully saturated rings. The van der Waals surface area contributed by atoms with Gasteiger partial charge in [-0.2, -0.15) is 0 Å². The quantitative estimate of drug-likeness (QED) is 0.855. The van der Waals surface area contributed by atoms with E-state index in [1.54, 1.807) is 0 Å². The topological polar surface area (TPSA) is 28.2 Å². The molecule has 0 spiro atoms. The second kappa shape index (κ2) is 4.75. The average Bonchev–Trinajstić information content (AvgIpc) is 3.07. The Kier molecular flexibility index (Phi) is 3.12. The molecule has 1 aromatic heterocycles. The highest BCUT2D eigenvalue weighted by molar-refractivity contribution is 5.09. The number of pyridine rings is 1. The van der Waals surface area contributed by atoms with Crippen LogP contribution in [0.4, 0.5) is 0 Å². The fraction of sp³-hybridized carbons (Fsp3) is 0.643. The van der Waals surface area contributed by atoms with Crippen molar-refractivity contribution in [2.45, 2.75) is 44.8 Å². The van der Waals surface area contributed by atoms with Crippen LogP contribution in [0, 0.1) is 6.92 Å². The van der Waals surface area contributed by atoms with E-state index < -0.39 is 0 Å². The fourth-order valence-electron chi connectivity index (χ4n) is 2.67. The Morgan fingerprint density at radius 1 is 1.35 bits per heavy atom. The Morgan fingerprint density at radius 3 is 3.00 bits per heavy atom. The van der Waals surface area contributed by atoms with E-state index in [9.17, 15) is 0 Å². The summed E-state index contributed by atoms with van der Waals surface area (Å²) in [5, 5.41) is 3.63. The molecule has 92 valence electrons. The van der Waals surface area contributed by atoms with Crippen LogP contribution in [0.5, 0.6) is 0 Å². The Labute approximate surface area is 103 Å². The standard InChI is InChI=1S/C14H21N3/c1-11-3-2-4-12(16-11)9-15-13-7-8-17(10-13)14-5-6-14/h2-4,13-15H,5-10H2,1H3. The smallest absolute Gasteiger partial charge is 0.0544 e. The van der Waals surface area contributed by atoms with Crippen LogP contribution in [0.1, 0.15) is 30.7 Å². The second-order valence-electron chi connectivity index (χ2n) is 5.36. The molecule has 1 atom stereocenters. The van der Waals surface area contributed by atoms with E-state index in [1.165, 1.54) is 32.4 Å². The first-order chi connectivity index (χ1) is 8.31. The Bertz CT molecular complexity index is 387. The number of aryl methyl sites for hydroxylation is 1. The van der Waals surface area contributed by atoms with E-state index in [4.69, 9.17) is 0 Å². The van der Waals surface area contributed by atoms with Crippen LogP contribution in [0.25, 0.3) is 0 Å². The van der Waals surface area contributed by atoms with Crippen molar-refractivity contribution in [2.75, 3.05) is 13.1 Å². The average molecular weight is 231 g/mol. The van der Waals surface area contributed by atoms with Crippen molar-refractivity contribution in [3.63, 3.8) is 0 Å². The van der Waals surface area contributed by atoms with Crippen molar-refractivity contribution in [2.24, 2.45) is 0 Å². The van der Waals surface area contributed by atoms with Gasteiger partial charge in [-0.25, -0.2) is 0 Å². The maximum absolute atomic E-state index is 4.52. The van der Waals surface area contributed by atoms with E-state index in [0.717, 1.165) is 24.0 Å². The molecule has 3 heteroatoms. The summed E-state index contributed by atoms with van der Waals surface area (Å²) < 4.78 is 0. The van der Waals surface area contributed by atoms with Crippen molar-refractivity contribution in [1.29, 1.82) is 0 Å². The minimum absolute atomic E-state index is 0.665. The molecule has 0 amide bonds. The van der Waals surface area contributed by atoms with Crippen molar-refractivity contribution >= 4 is 0 Å². The first kappa shape index (κ1) is 11.2. The van der Waals surface area contributed by atoms with Crippen molar-refractivity contribution in [3.8, 4) is 0 Å². The lowest BCUT2D eigenvalue weighted by molar-refractivity contribution is 0.317. The van der Waals surface area contributed by atoms with Gasteiger partial charge >= 0.3 is 0 Å². The Hall–Kier alpha value is -0.930. The maximum atomic E-state index is 4.52. The lowest BCUT2D eigenvalue weighted by Crippen LogP contribution is -2.33. The zero-order valence-electron chi connectivity index (χ0n) is 10.5. The number of likely N-dealkylation sites (tertiary alicyclic amines) is 1. The zero-order chi connectivity index (χ0) is 11.7. The molecule has 0 aromatic carbocycles. The number of hydrogen-bond acceptors (Lipinski definition) is 3. The number of hydrogen-bond donors (Lipinski definition) is 1. The highest BCUT2D eigenvalue weighted by Crippen LogP contribution is 2.29. The normalized spacial score (nSPS) is 25.4. The highest BCUT2D eigenvalue weighted by Gasteiger charge is 2.33. The molecule has 2 heterocycles. The molecule has 3 rings (SSSR count). The largest absolute Gasteiger partial charge is 0.307 e. The van der Waals surface area contributed by atoms with Crippen molar-refractivity contribution < 1.29 is 0 Å². The second-order valence-corrected chi connectivity index (χ2v) is 5.36. The minimum atomic E-state index is 0.665. The van der Waals surface area contributed by atoms with Crippen LogP contribution in [-0.2, 0) is 6.54 Å². The Balaban J connectivity index is 1.48. The van der Waals surface area contributed by atoms with Gasteiger partial charge in [-0.15, -0.1) is 0 Å². The molecule has 1 aliphatic heterocycles. The van der Waals surface area contributed by atoms with E-state index in [2.05, 4.69) is 27.3 Å². The lowest BCUT2D eigenvalue weighted by atomic mass is 10.2. The van der Waals surface area contributed by atoms with Gasteiger partial charge in [-0.05, 0) is 38.3 Å². The SMILES string of the molecule is Cc1cccc(CNC2CCN(C3CC3)C2)n1. The van der Waals surface area contributed by atoms with Crippen LogP contribution in [0.2, 0.25) is 0 Å². The molecule has 0 bridgehead atoms. The molecule has 0 radical (unpaired) electrons. The van der Waals surface area contributed by atoms with Crippen LogP contribution in [0.15, 0.2) is 18.2 Å². The van der Waals surface area contributed by atoms with Gasteiger partial charge in [0, 0.05) is 37.4 Å². The molecule has 1 saturated heterocycles. The van der Waals surface area contributed by atoms with Crippen LogP contribution >= 0.6 is 0 Å². The summed E-state index contributed by atoms with van der Waals surface area (Å²) in [4.78, 5) is 7.16. The lowest BCUT2D eigenvalue weighted by Gasteiger charge is -2.15. The molecule has 2 aliphatic rings. The van der Waals surface area contributed by atoms with Crippen molar-refractivity contribution in [3.05, 3.63) is 29.6 Å². The highest BCUT2D eigenvalue weighted by atomic mass is 15.2. The summed E-state index contributed by atoms with van der Waals surface area (Å²) >= 11 is 0. The number of rotatable bonds is 4. The van der Waals surface area contributed by atoms with E-state index in [1.807, 2.05) is 13.0 Å². The van der Waals surface area contributed by atoms with Gasteiger partial charge in [-0.3, -0.25) is 9.88 Å². The van der Waals surface area contributed by atoms with Gasteiger partial charge in [0.2, 0.25) is 0 Å². The Morgan fingerprint density at radius 2 is 2.24 bits per heavy atom. The molecule has 17 heavy (non-hydrogen) atoms. The molecule has 1 saturated carbocycles. The van der Waals surface area contributed by atoms with Gasteiger partial charge in [0.05, 0.1) is 5.69 Å². The first-order valence-corrected chi connectivity index (χ1v) is 6.71. The molecular formula is C14H21N3. The van der Waals surface area contributed by atoms with E-state index >= 15 is 0 Å². The van der Waals surface area contributed by atoms with Crippen molar-refractivity contribution in [1.82, 2.24) is 15.2 Å². The minimum Gasteiger partial charge on any atom is -0.307 e. The van der Waals surface area contributed by atoms with Crippen LogP contribution in [0.3, 0.4) is 0 Å². The third-order valence-electron chi connectivity index (χ3n) is 3.80. The van der Waals surface area contributed by atoms with Gasteiger partial charge in [0.15, 0.2) is 0 Å². The maximum Gasteiger partial charge on any atom is 0.0544 e. The predicted octanol–water partition coefficient (Wildman–Crippen LogP) is 1.72. The van der Waals surface area contributed by atoms with Gasteiger partial charge in [0.1, 0.15) is 0 Å². The zero-order valence-corrected chi connectivity index (χ0v) is 10.5. The van der Waals surface area contributed by atoms with E-state index in [-0.39, 0.29) is 0 Å². The summed E-state index contributed by atoms with van der Waals surface area (Å²) in [5.74, 6) is 0. The predicted molar refractivity (Wildman–Crippen MR) is 68.8 cm³/mol. The van der Waals surface area contributed by atoms with Gasteiger partial charge < -0.3 is 5.32 Å².